The Kier molecular flexibility index (Phi) is 6.76. The van der Waals surface area contributed by atoms with E-state index in [0.717, 1.165) is 4.68 Å². The van der Waals surface area contributed by atoms with Gasteiger partial charge >= 0.3 is 0 Å². The summed E-state index contributed by atoms with van der Waals surface area (Å²) >= 11 is 0. The fourth-order valence-corrected chi connectivity index (χ4v) is 2.95. The van der Waals surface area contributed by atoms with Crippen LogP contribution in [0.15, 0.2) is 53.3 Å². The first-order valence-electron chi connectivity index (χ1n) is 9.31. The van der Waals surface area contributed by atoms with Crippen molar-refractivity contribution in [3.8, 4) is 34.3 Å². The maximum Gasteiger partial charge on any atom is 0.267 e. The van der Waals surface area contributed by atoms with Crippen molar-refractivity contribution < 1.29 is 23.7 Å². The number of nitrogens with zero attached hydrogens (tertiary/aromatic N) is 2. The summed E-state index contributed by atoms with van der Waals surface area (Å²) in [6.45, 7) is -0.277. The van der Waals surface area contributed by atoms with Gasteiger partial charge in [-0.15, -0.1) is 0 Å². The number of nitrogens with one attached hydrogen (secondary N) is 1. The molecular weight excluding hydrogens is 402 g/mol. The van der Waals surface area contributed by atoms with Crippen molar-refractivity contribution >= 4 is 11.6 Å². The fraction of sp³-hybridized carbons (Fsp3) is 0.227. The van der Waals surface area contributed by atoms with E-state index in [9.17, 15) is 9.59 Å². The zero-order chi connectivity index (χ0) is 22.4. The number of benzene rings is 2. The molecule has 1 N–H and O–H groups in total. The van der Waals surface area contributed by atoms with Gasteiger partial charge in [0.05, 0.1) is 39.8 Å². The Bertz CT molecular complexity index is 1140. The minimum atomic E-state index is -0.439. The van der Waals surface area contributed by atoms with Gasteiger partial charge in [-0.3, -0.25) is 9.59 Å². The first-order valence-corrected chi connectivity index (χ1v) is 9.31. The molecule has 0 radical (unpaired) electrons. The molecule has 162 valence electrons. The Morgan fingerprint density at radius 3 is 2.26 bits per heavy atom. The predicted octanol–water partition coefficient (Wildman–Crippen LogP) is 2.58. The lowest BCUT2D eigenvalue weighted by Crippen LogP contribution is -2.29. The molecule has 0 unspecified atom stereocenters. The zero-order valence-corrected chi connectivity index (χ0v) is 17.7. The third-order valence-electron chi connectivity index (χ3n) is 4.52. The Labute approximate surface area is 179 Å². The molecule has 31 heavy (non-hydrogen) atoms. The zero-order valence-electron chi connectivity index (χ0n) is 17.7. The van der Waals surface area contributed by atoms with Crippen LogP contribution in [-0.4, -0.2) is 44.1 Å². The van der Waals surface area contributed by atoms with Gasteiger partial charge in [-0.05, 0) is 36.4 Å². The highest BCUT2D eigenvalue weighted by Gasteiger charge is 2.13. The van der Waals surface area contributed by atoms with Crippen molar-refractivity contribution in [2.75, 3.05) is 33.8 Å². The maximum atomic E-state index is 12.6. The lowest BCUT2D eigenvalue weighted by Gasteiger charge is -2.13. The van der Waals surface area contributed by atoms with E-state index in [1.165, 1.54) is 27.4 Å². The van der Waals surface area contributed by atoms with E-state index in [-0.39, 0.29) is 6.54 Å². The molecule has 1 heterocycles. The molecular formula is C22H23N3O6. The Morgan fingerprint density at radius 2 is 1.58 bits per heavy atom. The second kappa shape index (κ2) is 9.66. The van der Waals surface area contributed by atoms with Gasteiger partial charge in [-0.25, -0.2) is 4.68 Å². The minimum absolute atomic E-state index is 0.277. The number of hydrogen-bond donors (Lipinski definition) is 1. The van der Waals surface area contributed by atoms with E-state index >= 15 is 0 Å². The highest BCUT2D eigenvalue weighted by atomic mass is 16.5. The summed E-state index contributed by atoms with van der Waals surface area (Å²) in [4.78, 5) is 24.9. The van der Waals surface area contributed by atoms with Gasteiger partial charge in [-0.2, -0.15) is 5.10 Å². The van der Waals surface area contributed by atoms with E-state index in [4.69, 9.17) is 18.9 Å². The number of anilines is 1. The third-order valence-corrected chi connectivity index (χ3v) is 4.52. The quantitative estimate of drug-likeness (QED) is 0.592. The molecule has 0 aliphatic rings. The van der Waals surface area contributed by atoms with Crippen LogP contribution in [0.3, 0.4) is 0 Å². The normalized spacial score (nSPS) is 10.3. The summed E-state index contributed by atoms with van der Waals surface area (Å²) < 4.78 is 22.1. The van der Waals surface area contributed by atoms with Gasteiger partial charge in [0, 0.05) is 17.7 Å². The van der Waals surface area contributed by atoms with E-state index in [0.29, 0.717) is 39.9 Å². The Hall–Kier alpha value is -4.01. The van der Waals surface area contributed by atoms with Crippen LogP contribution in [0.4, 0.5) is 5.69 Å². The molecule has 0 atom stereocenters. The van der Waals surface area contributed by atoms with Gasteiger partial charge < -0.3 is 24.3 Å². The van der Waals surface area contributed by atoms with Crippen LogP contribution in [-0.2, 0) is 11.3 Å². The number of methoxy groups -OCH3 is 4. The number of rotatable bonds is 8. The predicted molar refractivity (Wildman–Crippen MR) is 115 cm³/mol. The molecule has 0 bridgehead atoms. The summed E-state index contributed by atoms with van der Waals surface area (Å²) in [5.41, 5.74) is 1.24. The maximum absolute atomic E-state index is 12.6. The topological polar surface area (TPSA) is 101 Å². The van der Waals surface area contributed by atoms with Gasteiger partial charge in [0.1, 0.15) is 18.0 Å². The van der Waals surface area contributed by atoms with Crippen molar-refractivity contribution in [1.82, 2.24) is 9.78 Å². The number of carbonyl (C=O) groups excluding carboxylic acids is 1. The van der Waals surface area contributed by atoms with E-state index in [1.54, 1.807) is 49.6 Å². The molecule has 3 aromatic rings. The SMILES string of the molecule is COc1ccc(OC)c(NC(=O)Cn2nc(-c3ccc(OC)c(OC)c3)ccc2=O)c1. The molecule has 3 rings (SSSR count). The highest BCUT2D eigenvalue weighted by Crippen LogP contribution is 2.31. The van der Waals surface area contributed by atoms with Crippen molar-refractivity contribution in [2.45, 2.75) is 6.54 Å². The summed E-state index contributed by atoms with van der Waals surface area (Å²) in [7, 11) is 6.10. The Balaban J connectivity index is 1.85. The first-order chi connectivity index (χ1) is 15.0. The average molecular weight is 425 g/mol. The second-order valence-corrected chi connectivity index (χ2v) is 6.40. The van der Waals surface area contributed by atoms with Crippen LogP contribution in [0.25, 0.3) is 11.3 Å². The summed E-state index contributed by atoms with van der Waals surface area (Å²) in [5, 5.41) is 7.05. The first kappa shape index (κ1) is 21.7. The van der Waals surface area contributed by atoms with Crippen LogP contribution < -0.4 is 29.8 Å². The number of carbonyl (C=O) groups is 1. The number of ether oxygens (including phenoxy) is 4. The number of aromatic nitrogens is 2. The van der Waals surface area contributed by atoms with Crippen LogP contribution in [0, 0.1) is 0 Å². The summed E-state index contributed by atoms with van der Waals surface area (Å²) in [6, 6.07) is 13.3. The van der Waals surface area contributed by atoms with E-state index < -0.39 is 11.5 Å². The van der Waals surface area contributed by atoms with Crippen molar-refractivity contribution in [2.24, 2.45) is 0 Å². The Morgan fingerprint density at radius 1 is 0.871 bits per heavy atom. The van der Waals surface area contributed by atoms with Gasteiger partial charge in [0.15, 0.2) is 11.5 Å². The second-order valence-electron chi connectivity index (χ2n) is 6.40. The minimum Gasteiger partial charge on any atom is -0.497 e. The molecule has 0 spiro atoms. The highest BCUT2D eigenvalue weighted by molar-refractivity contribution is 5.92. The molecule has 0 saturated carbocycles. The summed E-state index contributed by atoms with van der Waals surface area (Å²) in [5.74, 6) is 1.69. The lowest BCUT2D eigenvalue weighted by atomic mass is 10.1. The largest absolute Gasteiger partial charge is 0.497 e. The monoisotopic (exact) mass is 425 g/mol. The molecule has 9 nitrogen and oxygen atoms in total. The number of amides is 1. The molecule has 0 aliphatic heterocycles. The van der Waals surface area contributed by atoms with Crippen molar-refractivity contribution in [3.05, 3.63) is 58.9 Å². The molecule has 1 amide bonds. The van der Waals surface area contributed by atoms with Gasteiger partial charge in [-0.1, -0.05) is 0 Å². The van der Waals surface area contributed by atoms with E-state index in [1.807, 2.05) is 0 Å². The molecule has 0 aliphatic carbocycles. The van der Waals surface area contributed by atoms with Crippen molar-refractivity contribution in [1.29, 1.82) is 0 Å². The molecule has 0 saturated heterocycles. The van der Waals surface area contributed by atoms with Crippen LogP contribution in [0.1, 0.15) is 0 Å². The molecule has 0 fully saturated rings. The summed E-state index contributed by atoms with van der Waals surface area (Å²) in [6.07, 6.45) is 0. The van der Waals surface area contributed by atoms with Crippen molar-refractivity contribution in [3.63, 3.8) is 0 Å². The average Bonchev–Trinajstić information content (AvgIpc) is 2.79. The van der Waals surface area contributed by atoms with Crippen LogP contribution in [0.2, 0.25) is 0 Å². The molecule has 9 heteroatoms. The molecule has 2 aromatic carbocycles. The number of hydrogen-bond acceptors (Lipinski definition) is 7. The van der Waals surface area contributed by atoms with Crippen LogP contribution >= 0.6 is 0 Å². The smallest absolute Gasteiger partial charge is 0.267 e. The standard InChI is InChI=1S/C22H23N3O6/c1-28-15-6-9-18(29-2)17(12-15)23-21(26)13-25-22(27)10-7-16(24-25)14-5-8-19(30-3)20(11-14)31-4/h5-12H,13H2,1-4H3,(H,23,26). The fourth-order valence-electron chi connectivity index (χ4n) is 2.95. The lowest BCUT2D eigenvalue weighted by molar-refractivity contribution is -0.117. The van der Waals surface area contributed by atoms with E-state index in [2.05, 4.69) is 10.4 Å². The van der Waals surface area contributed by atoms with Crippen LogP contribution in [0.5, 0.6) is 23.0 Å². The van der Waals surface area contributed by atoms with Gasteiger partial charge in [0.2, 0.25) is 5.91 Å². The van der Waals surface area contributed by atoms with Gasteiger partial charge in [0.25, 0.3) is 5.56 Å². The third kappa shape index (κ3) is 4.95. The molecule has 1 aromatic heterocycles.